The number of aliphatic hydroxyl groups is 1. The number of nitrogens with one attached hydrogen (secondary N) is 1. The van der Waals surface area contributed by atoms with Gasteiger partial charge in [0.05, 0.1) is 11.5 Å². The van der Waals surface area contributed by atoms with E-state index in [1.54, 1.807) is 11.4 Å². The third-order valence-electron chi connectivity index (χ3n) is 2.45. The average molecular weight is 264 g/mol. The molecular weight excluding hydrogens is 252 g/mol. The first-order valence-corrected chi connectivity index (χ1v) is 6.22. The molecule has 0 radical (unpaired) electrons. The summed E-state index contributed by atoms with van der Waals surface area (Å²) in [5, 5.41) is 24.5. The minimum atomic E-state index is -0.385. The van der Waals surface area contributed by atoms with Gasteiger partial charge in [0, 0.05) is 23.7 Å². The van der Waals surface area contributed by atoms with E-state index >= 15 is 0 Å². The molecule has 2 N–H and O–H groups in total. The summed E-state index contributed by atoms with van der Waals surface area (Å²) in [7, 11) is 0. The first kappa shape index (κ1) is 12.5. The summed E-state index contributed by atoms with van der Waals surface area (Å²) in [5.74, 6) is 0. The maximum atomic E-state index is 10.5. The Morgan fingerprint density at radius 1 is 1.28 bits per heavy atom. The van der Waals surface area contributed by atoms with Gasteiger partial charge in [-0.15, -0.1) is 0 Å². The van der Waals surface area contributed by atoms with Crippen molar-refractivity contribution in [2.75, 3.05) is 5.32 Å². The van der Waals surface area contributed by atoms with Crippen LogP contribution in [-0.4, -0.2) is 10.0 Å². The lowest BCUT2D eigenvalue weighted by Gasteiger charge is -2.05. The topological polar surface area (TPSA) is 75.4 Å². The smallest absolute Gasteiger partial charge is 0.324 e. The maximum Gasteiger partial charge on any atom is 0.324 e. The van der Waals surface area contributed by atoms with Crippen LogP contribution in [0.5, 0.6) is 0 Å². The molecule has 18 heavy (non-hydrogen) atoms. The van der Waals surface area contributed by atoms with Crippen molar-refractivity contribution in [1.29, 1.82) is 0 Å². The lowest BCUT2D eigenvalue weighted by molar-refractivity contribution is -0.380. The Kier molecular flexibility index (Phi) is 3.91. The highest BCUT2D eigenvalue weighted by atomic mass is 32.1. The number of nitrogens with zero attached hydrogens (tertiary/aromatic N) is 1. The van der Waals surface area contributed by atoms with Gasteiger partial charge >= 0.3 is 5.00 Å². The molecule has 0 aliphatic carbocycles. The zero-order chi connectivity index (χ0) is 13.0. The molecule has 0 spiro atoms. The van der Waals surface area contributed by atoms with E-state index in [0.717, 1.165) is 28.2 Å². The summed E-state index contributed by atoms with van der Waals surface area (Å²) < 4.78 is 0. The van der Waals surface area contributed by atoms with Crippen LogP contribution in [0.1, 0.15) is 11.1 Å². The number of aliphatic hydroxyl groups excluding tert-OH is 1. The predicted octanol–water partition coefficient (Wildman–Crippen LogP) is 2.76. The Morgan fingerprint density at radius 3 is 2.56 bits per heavy atom. The molecule has 2 aromatic rings. The van der Waals surface area contributed by atoms with Crippen LogP contribution in [0.25, 0.3) is 0 Å². The molecule has 0 unspecified atom stereocenters. The van der Waals surface area contributed by atoms with E-state index in [4.69, 9.17) is 5.11 Å². The van der Waals surface area contributed by atoms with E-state index < -0.39 is 0 Å². The third kappa shape index (κ3) is 3.06. The quantitative estimate of drug-likeness (QED) is 0.643. The molecule has 2 rings (SSSR count). The van der Waals surface area contributed by atoms with Gasteiger partial charge in [0.2, 0.25) is 0 Å². The van der Waals surface area contributed by atoms with Crippen molar-refractivity contribution in [1.82, 2.24) is 0 Å². The monoisotopic (exact) mass is 264 g/mol. The minimum Gasteiger partial charge on any atom is -0.392 e. The van der Waals surface area contributed by atoms with Crippen LogP contribution in [-0.2, 0) is 13.2 Å². The molecular formula is C12H12N2O3S. The van der Waals surface area contributed by atoms with Gasteiger partial charge in [-0.05, 0) is 23.3 Å². The maximum absolute atomic E-state index is 10.5. The fourth-order valence-electron chi connectivity index (χ4n) is 1.48. The van der Waals surface area contributed by atoms with Crippen molar-refractivity contribution in [3.63, 3.8) is 0 Å². The van der Waals surface area contributed by atoms with Crippen LogP contribution in [0, 0.1) is 10.1 Å². The number of nitro groups is 1. The molecule has 0 saturated carbocycles. The molecule has 0 amide bonds. The number of rotatable bonds is 5. The van der Waals surface area contributed by atoms with E-state index in [0.29, 0.717) is 6.54 Å². The fourth-order valence-corrected chi connectivity index (χ4v) is 2.21. The van der Waals surface area contributed by atoms with E-state index in [-0.39, 0.29) is 16.5 Å². The highest BCUT2D eigenvalue weighted by Gasteiger charge is 2.08. The van der Waals surface area contributed by atoms with Gasteiger partial charge in [0.1, 0.15) is 0 Å². The summed E-state index contributed by atoms with van der Waals surface area (Å²) in [4.78, 5) is 10.1. The van der Waals surface area contributed by atoms with Gasteiger partial charge in [-0.1, -0.05) is 23.5 Å². The first-order valence-electron chi connectivity index (χ1n) is 5.34. The van der Waals surface area contributed by atoms with E-state index in [1.807, 2.05) is 24.3 Å². The largest absolute Gasteiger partial charge is 0.392 e. The first-order chi connectivity index (χ1) is 8.69. The number of benzene rings is 1. The van der Waals surface area contributed by atoms with Gasteiger partial charge in [-0.25, -0.2) is 0 Å². The Morgan fingerprint density at radius 2 is 2.00 bits per heavy atom. The van der Waals surface area contributed by atoms with Crippen molar-refractivity contribution < 1.29 is 10.0 Å². The zero-order valence-electron chi connectivity index (χ0n) is 9.50. The minimum absolute atomic E-state index is 0.0248. The van der Waals surface area contributed by atoms with Crippen LogP contribution in [0.2, 0.25) is 0 Å². The van der Waals surface area contributed by atoms with E-state index in [1.165, 1.54) is 0 Å². The second-order valence-electron chi connectivity index (χ2n) is 3.76. The Balaban J connectivity index is 1.95. The normalized spacial score (nSPS) is 10.3. The number of hydrogen-bond acceptors (Lipinski definition) is 5. The Labute approximate surface area is 108 Å². The molecule has 1 aromatic heterocycles. The van der Waals surface area contributed by atoms with Crippen molar-refractivity contribution >= 4 is 22.0 Å². The Bertz CT molecular complexity index is 537. The summed E-state index contributed by atoms with van der Waals surface area (Å²) >= 11 is 1.13. The van der Waals surface area contributed by atoms with E-state index in [2.05, 4.69) is 5.32 Å². The lowest BCUT2D eigenvalue weighted by atomic mass is 10.2. The van der Waals surface area contributed by atoms with Crippen molar-refractivity contribution in [2.24, 2.45) is 0 Å². The van der Waals surface area contributed by atoms with Crippen molar-refractivity contribution in [3.8, 4) is 0 Å². The summed E-state index contributed by atoms with van der Waals surface area (Å²) in [6.45, 7) is 0.569. The van der Waals surface area contributed by atoms with Crippen LogP contribution >= 0.6 is 11.3 Å². The average Bonchev–Trinajstić information content (AvgIpc) is 2.86. The van der Waals surface area contributed by atoms with Crippen molar-refractivity contribution in [2.45, 2.75) is 13.2 Å². The van der Waals surface area contributed by atoms with Crippen LogP contribution in [0.3, 0.4) is 0 Å². The highest BCUT2D eigenvalue weighted by Crippen LogP contribution is 2.23. The predicted molar refractivity (Wildman–Crippen MR) is 70.7 cm³/mol. The fraction of sp³-hybridized carbons (Fsp3) is 0.167. The number of hydrogen-bond donors (Lipinski definition) is 2. The van der Waals surface area contributed by atoms with Crippen molar-refractivity contribution in [3.05, 3.63) is 57.0 Å². The molecule has 0 aliphatic heterocycles. The van der Waals surface area contributed by atoms with Gasteiger partial charge < -0.3 is 10.4 Å². The summed E-state index contributed by atoms with van der Waals surface area (Å²) in [6.07, 6.45) is 0. The molecule has 0 saturated heterocycles. The summed E-state index contributed by atoms with van der Waals surface area (Å²) in [5.41, 5.74) is 2.66. The lowest BCUT2D eigenvalue weighted by Crippen LogP contribution is -1.98. The SMILES string of the molecule is O=[N+]([O-])c1cc(CNc2ccc(CO)cc2)cs1. The van der Waals surface area contributed by atoms with Crippen LogP contribution in [0.15, 0.2) is 35.7 Å². The Hall–Kier alpha value is -1.92. The molecule has 0 bridgehead atoms. The van der Waals surface area contributed by atoms with Gasteiger partial charge in [-0.3, -0.25) is 10.1 Å². The third-order valence-corrected chi connectivity index (χ3v) is 3.38. The molecule has 0 fully saturated rings. The standard InChI is InChI=1S/C12H12N2O3S/c15-7-9-1-3-11(4-2-9)13-6-10-5-12(14(16)17)18-8-10/h1-5,8,13,15H,6-7H2. The van der Waals surface area contributed by atoms with E-state index in [9.17, 15) is 10.1 Å². The highest BCUT2D eigenvalue weighted by molar-refractivity contribution is 7.13. The van der Waals surface area contributed by atoms with Crippen LogP contribution < -0.4 is 5.32 Å². The molecule has 5 nitrogen and oxygen atoms in total. The molecule has 0 atom stereocenters. The second-order valence-corrected chi connectivity index (χ2v) is 4.65. The molecule has 0 aliphatic rings. The van der Waals surface area contributed by atoms with Gasteiger partial charge in [0.25, 0.3) is 0 Å². The van der Waals surface area contributed by atoms with Crippen LogP contribution in [0.4, 0.5) is 10.7 Å². The zero-order valence-corrected chi connectivity index (χ0v) is 10.3. The van der Waals surface area contributed by atoms with Gasteiger partial charge in [0.15, 0.2) is 0 Å². The summed E-state index contributed by atoms with van der Waals surface area (Å²) in [6, 6.07) is 8.97. The number of thiophene rings is 1. The molecule has 6 heteroatoms. The molecule has 94 valence electrons. The molecule has 1 heterocycles. The second kappa shape index (κ2) is 5.61. The molecule has 1 aromatic carbocycles. The van der Waals surface area contributed by atoms with Gasteiger partial charge in [-0.2, -0.15) is 0 Å². The number of anilines is 1.